The maximum atomic E-state index is 11.3. The molecule has 0 aromatic heterocycles. The van der Waals surface area contributed by atoms with Gasteiger partial charge in [-0.1, -0.05) is 64.7 Å². The maximum absolute atomic E-state index is 11.3. The van der Waals surface area contributed by atoms with Crippen LogP contribution in [0.5, 0.6) is 0 Å². The van der Waals surface area contributed by atoms with E-state index in [4.69, 9.17) is 15.6 Å². The van der Waals surface area contributed by atoms with E-state index >= 15 is 0 Å². The summed E-state index contributed by atoms with van der Waals surface area (Å²) in [7, 11) is 0. The van der Waals surface area contributed by atoms with Crippen LogP contribution in [0.3, 0.4) is 0 Å². The molecule has 0 heterocycles. The van der Waals surface area contributed by atoms with Gasteiger partial charge in [-0.05, 0) is 6.42 Å². The Kier molecular flexibility index (Phi) is 18.9. The van der Waals surface area contributed by atoms with Gasteiger partial charge >= 0.3 is 41.5 Å². The molecule has 0 aromatic rings. The van der Waals surface area contributed by atoms with Crippen molar-refractivity contribution in [3.63, 3.8) is 0 Å². The van der Waals surface area contributed by atoms with E-state index in [-0.39, 0.29) is 36.0 Å². The van der Waals surface area contributed by atoms with Crippen LogP contribution in [0.2, 0.25) is 0 Å². The summed E-state index contributed by atoms with van der Waals surface area (Å²) in [5, 5.41) is 8.51. The molecular weight excluding hydrogens is 293 g/mol. The van der Waals surface area contributed by atoms with Crippen molar-refractivity contribution < 1.29 is 19.4 Å². The molecule has 0 saturated carbocycles. The molecule has 0 aliphatic rings. The Bertz CT molecular complexity index is 287. The van der Waals surface area contributed by atoms with Gasteiger partial charge in [-0.2, -0.15) is 0 Å². The number of carbonyl (C=O) groups is 2. The number of carboxylic acids is 1. The van der Waals surface area contributed by atoms with Crippen molar-refractivity contribution in [2.24, 2.45) is 5.73 Å². The topological polar surface area (TPSA) is 89.6 Å². The van der Waals surface area contributed by atoms with Crippen molar-refractivity contribution in [3.05, 3.63) is 0 Å². The molecule has 0 aliphatic heterocycles. The summed E-state index contributed by atoms with van der Waals surface area (Å²) < 4.78 is 4.95. The van der Waals surface area contributed by atoms with Gasteiger partial charge in [0.15, 0.2) is 0 Å². The number of ether oxygens (including phenoxy) is 1. The van der Waals surface area contributed by atoms with Crippen molar-refractivity contribution in [1.29, 1.82) is 0 Å². The van der Waals surface area contributed by atoms with Crippen molar-refractivity contribution in [2.75, 3.05) is 6.61 Å². The third-order valence-electron chi connectivity index (χ3n) is 3.44. The van der Waals surface area contributed by atoms with E-state index in [0.717, 1.165) is 19.3 Å². The fourth-order valence-electron chi connectivity index (χ4n) is 2.14. The first-order valence-electron chi connectivity index (χ1n) is 8.22. The zero-order chi connectivity index (χ0) is 15.9. The number of aliphatic carboxylic acids is 1. The SMILES string of the molecule is CCCCCCCCCCCCOC(=O)C(N)CC(=O)O.[NaH]. The number of carboxylic acid groups (broad SMARTS) is 1. The summed E-state index contributed by atoms with van der Waals surface area (Å²) in [6.07, 6.45) is 11.8. The number of hydrogen-bond acceptors (Lipinski definition) is 4. The Morgan fingerprint density at radius 1 is 0.955 bits per heavy atom. The summed E-state index contributed by atoms with van der Waals surface area (Å²) in [6, 6.07) is -1.05. The molecule has 0 fully saturated rings. The molecule has 5 nitrogen and oxygen atoms in total. The van der Waals surface area contributed by atoms with Crippen LogP contribution in [-0.4, -0.2) is 59.3 Å². The molecule has 0 rings (SSSR count). The second-order valence-corrected chi connectivity index (χ2v) is 5.55. The number of hydrogen-bond donors (Lipinski definition) is 2. The van der Waals surface area contributed by atoms with E-state index in [1.807, 2.05) is 0 Å². The van der Waals surface area contributed by atoms with E-state index in [1.54, 1.807) is 0 Å². The van der Waals surface area contributed by atoms with Gasteiger partial charge in [0.1, 0.15) is 6.04 Å². The zero-order valence-electron chi connectivity index (χ0n) is 13.3. The molecular formula is C16H32NNaO4. The Morgan fingerprint density at radius 2 is 1.41 bits per heavy atom. The van der Waals surface area contributed by atoms with Gasteiger partial charge in [0.05, 0.1) is 13.0 Å². The Balaban J connectivity index is 0. The Morgan fingerprint density at radius 3 is 1.86 bits per heavy atom. The second kappa shape index (κ2) is 17.3. The first kappa shape index (κ1) is 24.2. The van der Waals surface area contributed by atoms with Gasteiger partial charge in [-0.25, -0.2) is 0 Å². The van der Waals surface area contributed by atoms with Gasteiger partial charge in [-0.15, -0.1) is 0 Å². The third kappa shape index (κ3) is 16.3. The van der Waals surface area contributed by atoms with Gasteiger partial charge in [-0.3, -0.25) is 9.59 Å². The van der Waals surface area contributed by atoms with Crippen molar-refractivity contribution in [3.8, 4) is 0 Å². The first-order valence-corrected chi connectivity index (χ1v) is 8.22. The summed E-state index contributed by atoms with van der Waals surface area (Å²) in [4.78, 5) is 21.7. The molecule has 126 valence electrons. The van der Waals surface area contributed by atoms with Crippen LogP contribution in [0.15, 0.2) is 0 Å². The van der Waals surface area contributed by atoms with E-state index in [2.05, 4.69) is 6.92 Å². The van der Waals surface area contributed by atoms with Crippen LogP contribution in [0.4, 0.5) is 0 Å². The zero-order valence-corrected chi connectivity index (χ0v) is 13.3. The first-order chi connectivity index (χ1) is 10.1. The minimum absolute atomic E-state index is 0. The molecule has 22 heavy (non-hydrogen) atoms. The van der Waals surface area contributed by atoms with Crippen LogP contribution >= 0.6 is 0 Å². The van der Waals surface area contributed by atoms with Crippen LogP contribution in [0, 0.1) is 0 Å². The monoisotopic (exact) mass is 325 g/mol. The molecule has 0 radical (unpaired) electrons. The molecule has 0 saturated heterocycles. The average molecular weight is 325 g/mol. The van der Waals surface area contributed by atoms with E-state index in [0.29, 0.717) is 6.61 Å². The van der Waals surface area contributed by atoms with Gasteiger partial charge in [0, 0.05) is 0 Å². The number of esters is 1. The number of unbranched alkanes of at least 4 members (excludes halogenated alkanes) is 9. The number of nitrogens with two attached hydrogens (primary N) is 1. The van der Waals surface area contributed by atoms with Gasteiger partial charge in [0.25, 0.3) is 0 Å². The van der Waals surface area contributed by atoms with Crippen LogP contribution in [0.1, 0.15) is 77.6 Å². The molecule has 0 bridgehead atoms. The van der Waals surface area contributed by atoms with Crippen LogP contribution in [-0.2, 0) is 14.3 Å². The van der Waals surface area contributed by atoms with E-state index in [9.17, 15) is 9.59 Å². The summed E-state index contributed by atoms with van der Waals surface area (Å²) in [6.45, 7) is 2.56. The number of carbonyl (C=O) groups excluding carboxylic acids is 1. The fraction of sp³-hybridized carbons (Fsp3) is 0.875. The quantitative estimate of drug-likeness (QED) is 0.291. The molecule has 1 atom stereocenters. The van der Waals surface area contributed by atoms with E-state index in [1.165, 1.54) is 44.9 Å². The molecule has 0 spiro atoms. The fourth-order valence-corrected chi connectivity index (χ4v) is 2.14. The molecule has 0 aromatic carbocycles. The second-order valence-electron chi connectivity index (χ2n) is 5.55. The molecule has 0 aliphatic carbocycles. The minimum atomic E-state index is -1.08. The predicted octanol–water partition coefficient (Wildman–Crippen LogP) is 2.60. The normalized spacial score (nSPS) is 11.5. The van der Waals surface area contributed by atoms with Gasteiger partial charge < -0.3 is 15.6 Å². The Hall–Kier alpha value is -0.100. The standard InChI is InChI=1S/C16H31NO4.Na.H/c1-2-3-4-5-6-7-8-9-10-11-12-21-16(20)14(17)13-15(18)19;;/h14H,2-13,17H2,1H3,(H,18,19);;. The third-order valence-corrected chi connectivity index (χ3v) is 3.44. The van der Waals surface area contributed by atoms with Gasteiger partial charge in [0.2, 0.25) is 0 Å². The van der Waals surface area contributed by atoms with Crippen molar-refractivity contribution in [1.82, 2.24) is 0 Å². The molecule has 3 N–H and O–H groups in total. The average Bonchev–Trinajstić information content (AvgIpc) is 2.43. The number of rotatable bonds is 14. The van der Waals surface area contributed by atoms with Crippen molar-refractivity contribution >= 4 is 41.5 Å². The molecule has 6 heteroatoms. The van der Waals surface area contributed by atoms with Crippen molar-refractivity contribution in [2.45, 2.75) is 83.6 Å². The Labute approximate surface area is 156 Å². The molecule has 0 amide bonds. The summed E-state index contributed by atoms with van der Waals surface area (Å²) in [5.74, 6) is -1.70. The van der Waals surface area contributed by atoms with Crippen LogP contribution < -0.4 is 5.73 Å². The molecule has 1 unspecified atom stereocenters. The van der Waals surface area contributed by atoms with E-state index < -0.39 is 18.0 Å². The summed E-state index contributed by atoms with van der Waals surface area (Å²) in [5.41, 5.74) is 5.39. The predicted molar refractivity (Wildman–Crippen MR) is 90.2 cm³/mol. The summed E-state index contributed by atoms with van der Waals surface area (Å²) >= 11 is 0. The van der Waals surface area contributed by atoms with Crippen LogP contribution in [0.25, 0.3) is 0 Å².